The molecule has 0 spiro atoms. The summed E-state index contributed by atoms with van der Waals surface area (Å²) in [5.41, 5.74) is 0.944. The van der Waals surface area contributed by atoms with Gasteiger partial charge in [0, 0.05) is 24.2 Å². The molecule has 31 heavy (non-hydrogen) atoms. The number of nitrogens with zero attached hydrogens (tertiary/aromatic N) is 3. The molecule has 0 aliphatic carbocycles. The number of hydrogen-bond acceptors (Lipinski definition) is 7. The molecular weight excluding hydrogens is 398 g/mol. The number of rotatable bonds is 3. The summed E-state index contributed by atoms with van der Waals surface area (Å²) in [6.45, 7) is 0.827. The van der Waals surface area contributed by atoms with Crippen molar-refractivity contribution >= 4 is 23.3 Å². The molecule has 5 rings (SSSR count). The number of hydrogen-bond donors (Lipinski definition) is 1. The van der Waals surface area contributed by atoms with Crippen LogP contribution in [0.3, 0.4) is 0 Å². The second kappa shape index (κ2) is 7.56. The molecule has 1 aromatic carbocycles. The third-order valence-corrected chi connectivity index (χ3v) is 5.18. The van der Waals surface area contributed by atoms with Gasteiger partial charge in [-0.2, -0.15) is 0 Å². The van der Waals surface area contributed by atoms with Crippen LogP contribution in [0.15, 0.2) is 72.7 Å². The fourth-order valence-electron chi connectivity index (χ4n) is 3.77. The predicted octanol–water partition coefficient (Wildman–Crippen LogP) is 2.87. The van der Waals surface area contributed by atoms with Gasteiger partial charge in [-0.25, -0.2) is 4.98 Å². The lowest BCUT2D eigenvalue weighted by molar-refractivity contribution is -0.132. The Morgan fingerprint density at radius 1 is 0.968 bits per heavy atom. The van der Waals surface area contributed by atoms with E-state index in [4.69, 9.17) is 9.47 Å². The van der Waals surface area contributed by atoms with Crippen LogP contribution in [0, 0.1) is 0 Å². The van der Waals surface area contributed by atoms with Gasteiger partial charge in [0.25, 0.3) is 5.78 Å². The van der Waals surface area contributed by atoms with Gasteiger partial charge >= 0.3 is 5.91 Å². The van der Waals surface area contributed by atoms with E-state index in [0.29, 0.717) is 41.7 Å². The maximum Gasteiger partial charge on any atom is 0.301 e. The fourth-order valence-corrected chi connectivity index (χ4v) is 3.77. The topological polar surface area (TPSA) is 102 Å². The Hall–Kier alpha value is -4.20. The first kappa shape index (κ1) is 18.8. The summed E-state index contributed by atoms with van der Waals surface area (Å²) in [4.78, 5) is 35.6. The van der Waals surface area contributed by atoms with Crippen molar-refractivity contribution in [3.63, 3.8) is 0 Å². The molecule has 1 unspecified atom stereocenters. The highest BCUT2D eigenvalue weighted by Crippen LogP contribution is 2.42. The van der Waals surface area contributed by atoms with Gasteiger partial charge in [-0.1, -0.05) is 6.07 Å². The Balaban J connectivity index is 1.69. The van der Waals surface area contributed by atoms with E-state index in [0.717, 1.165) is 0 Å². The van der Waals surface area contributed by atoms with Crippen LogP contribution in [0.5, 0.6) is 11.5 Å². The zero-order chi connectivity index (χ0) is 21.4. The van der Waals surface area contributed by atoms with E-state index >= 15 is 0 Å². The van der Waals surface area contributed by atoms with Crippen LogP contribution >= 0.6 is 0 Å². The highest BCUT2D eigenvalue weighted by atomic mass is 16.6. The zero-order valence-corrected chi connectivity index (χ0v) is 16.3. The van der Waals surface area contributed by atoms with Crippen LogP contribution in [0.2, 0.25) is 0 Å². The summed E-state index contributed by atoms with van der Waals surface area (Å²) >= 11 is 0. The van der Waals surface area contributed by atoms with Crippen molar-refractivity contribution in [3.8, 4) is 11.5 Å². The third kappa shape index (κ3) is 3.18. The van der Waals surface area contributed by atoms with Crippen molar-refractivity contribution in [3.05, 3.63) is 83.8 Å². The van der Waals surface area contributed by atoms with E-state index < -0.39 is 17.7 Å². The van der Waals surface area contributed by atoms with Crippen molar-refractivity contribution in [1.82, 2.24) is 9.97 Å². The molecule has 1 N–H and O–H groups in total. The number of ether oxygens (including phenoxy) is 2. The molecule has 2 aliphatic heterocycles. The lowest BCUT2D eigenvalue weighted by Crippen LogP contribution is -2.30. The summed E-state index contributed by atoms with van der Waals surface area (Å²) in [7, 11) is 0. The van der Waals surface area contributed by atoms with Crippen LogP contribution in [0.4, 0.5) is 5.82 Å². The fraction of sp³-hybridized carbons (Fsp3) is 0.130. The van der Waals surface area contributed by atoms with Gasteiger partial charge in [-0.3, -0.25) is 19.5 Å². The van der Waals surface area contributed by atoms with Crippen LogP contribution in [0.25, 0.3) is 5.76 Å². The number of benzene rings is 1. The van der Waals surface area contributed by atoms with Crippen molar-refractivity contribution in [1.29, 1.82) is 0 Å². The standard InChI is InChI=1S/C23H17N3O5/c27-21(15-4-5-16-17(13-15)31-12-11-30-16)19-20(14-6-9-24-10-7-14)26(23(29)22(19)28)18-3-1-2-8-25-18/h1-10,13,20,27H,11-12H2/b21-19+. The number of aromatic nitrogens is 2. The number of carbonyl (C=O) groups excluding carboxylic acids is 2. The van der Waals surface area contributed by atoms with Crippen LogP contribution in [0.1, 0.15) is 17.2 Å². The molecule has 2 aliphatic rings. The van der Waals surface area contributed by atoms with Gasteiger partial charge < -0.3 is 14.6 Å². The Bertz CT molecular complexity index is 1190. The van der Waals surface area contributed by atoms with Gasteiger partial charge in [0.1, 0.15) is 24.8 Å². The minimum atomic E-state index is -0.855. The minimum Gasteiger partial charge on any atom is -0.507 e. The highest BCUT2D eigenvalue weighted by molar-refractivity contribution is 6.51. The molecule has 3 aromatic rings. The molecule has 8 heteroatoms. The first-order valence-corrected chi connectivity index (χ1v) is 9.67. The van der Waals surface area contributed by atoms with Crippen LogP contribution in [-0.2, 0) is 9.59 Å². The highest BCUT2D eigenvalue weighted by Gasteiger charge is 2.47. The molecule has 0 radical (unpaired) electrons. The summed E-state index contributed by atoms with van der Waals surface area (Å²) in [6.07, 6.45) is 4.68. The van der Waals surface area contributed by atoms with E-state index in [1.807, 2.05) is 0 Å². The number of amides is 1. The Kier molecular flexibility index (Phi) is 4.59. The Morgan fingerprint density at radius 3 is 2.48 bits per heavy atom. The summed E-state index contributed by atoms with van der Waals surface area (Å²) in [6, 6.07) is 12.5. The molecule has 154 valence electrons. The lowest BCUT2D eigenvalue weighted by Gasteiger charge is -2.24. The second-order valence-corrected chi connectivity index (χ2v) is 7.00. The third-order valence-electron chi connectivity index (χ3n) is 5.18. The number of carbonyl (C=O) groups is 2. The van der Waals surface area contributed by atoms with Crippen LogP contribution < -0.4 is 14.4 Å². The number of aliphatic hydroxyl groups is 1. The number of Topliss-reactive ketones (excluding diaryl/α,β-unsaturated/α-hetero) is 1. The average molecular weight is 415 g/mol. The zero-order valence-electron chi connectivity index (χ0n) is 16.3. The van der Waals surface area contributed by atoms with E-state index in [9.17, 15) is 14.7 Å². The molecule has 8 nitrogen and oxygen atoms in total. The largest absolute Gasteiger partial charge is 0.507 e. The maximum absolute atomic E-state index is 13.1. The number of anilines is 1. The van der Waals surface area contributed by atoms with Crippen molar-refractivity contribution in [2.75, 3.05) is 18.1 Å². The van der Waals surface area contributed by atoms with Gasteiger partial charge in [0.2, 0.25) is 0 Å². The average Bonchev–Trinajstić information content (AvgIpc) is 3.10. The van der Waals surface area contributed by atoms with Crippen molar-refractivity contribution in [2.45, 2.75) is 6.04 Å². The Labute approximate surface area is 177 Å². The van der Waals surface area contributed by atoms with Gasteiger partial charge in [-0.15, -0.1) is 0 Å². The molecule has 1 atom stereocenters. The quantitative estimate of drug-likeness (QED) is 0.399. The van der Waals surface area contributed by atoms with Gasteiger partial charge in [0.05, 0.1) is 11.6 Å². The molecule has 2 aromatic heterocycles. The van der Waals surface area contributed by atoms with Gasteiger partial charge in [0.15, 0.2) is 11.5 Å². The maximum atomic E-state index is 13.1. The number of ketones is 1. The van der Waals surface area contributed by atoms with E-state index in [1.54, 1.807) is 67.1 Å². The molecule has 1 amide bonds. The van der Waals surface area contributed by atoms with E-state index in [-0.39, 0.29) is 11.3 Å². The minimum absolute atomic E-state index is 0.0291. The predicted molar refractivity (Wildman–Crippen MR) is 111 cm³/mol. The Morgan fingerprint density at radius 2 is 1.74 bits per heavy atom. The van der Waals surface area contributed by atoms with Crippen LogP contribution in [-0.4, -0.2) is 40.0 Å². The SMILES string of the molecule is O=C1C(=O)N(c2ccccn2)C(c2ccncc2)/C1=C(\O)c1ccc2c(c1)OCCO2. The molecule has 0 bridgehead atoms. The molecular formula is C23H17N3O5. The number of pyridine rings is 2. The van der Waals surface area contributed by atoms with Crippen molar-refractivity contribution < 1.29 is 24.2 Å². The van der Waals surface area contributed by atoms with E-state index in [2.05, 4.69) is 9.97 Å². The second-order valence-electron chi connectivity index (χ2n) is 7.00. The first-order valence-electron chi connectivity index (χ1n) is 9.67. The van der Waals surface area contributed by atoms with Gasteiger partial charge in [-0.05, 0) is 48.0 Å². The summed E-state index contributed by atoms with van der Waals surface area (Å²) in [5, 5.41) is 11.2. The molecule has 4 heterocycles. The molecule has 1 saturated heterocycles. The summed E-state index contributed by atoms with van der Waals surface area (Å²) < 4.78 is 11.1. The van der Waals surface area contributed by atoms with E-state index in [1.165, 1.54) is 4.90 Å². The smallest absolute Gasteiger partial charge is 0.301 e. The molecule has 0 saturated carbocycles. The molecule has 1 fully saturated rings. The number of fused-ring (bicyclic) bond motifs is 1. The summed E-state index contributed by atoms with van der Waals surface area (Å²) in [5.74, 6) is -0.514. The van der Waals surface area contributed by atoms with Crippen molar-refractivity contribution in [2.24, 2.45) is 0 Å². The number of aliphatic hydroxyl groups excluding tert-OH is 1. The normalized spacial score (nSPS) is 19.5. The first-order chi connectivity index (χ1) is 15.1. The lowest BCUT2D eigenvalue weighted by atomic mass is 9.96. The monoisotopic (exact) mass is 415 g/mol.